The van der Waals surface area contributed by atoms with Gasteiger partial charge in [0.1, 0.15) is 0 Å². The summed E-state index contributed by atoms with van der Waals surface area (Å²) in [6.45, 7) is 4.37. The summed E-state index contributed by atoms with van der Waals surface area (Å²) in [5, 5.41) is 5.52. The second kappa shape index (κ2) is 5.28. The van der Waals surface area contributed by atoms with Crippen LogP contribution in [0.4, 0.5) is 18.9 Å². The van der Waals surface area contributed by atoms with Crippen molar-refractivity contribution in [3.05, 3.63) is 40.5 Å². The minimum absolute atomic E-state index is 0.133. The Labute approximate surface area is 114 Å². The Morgan fingerprint density at radius 1 is 1.30 bits per heavy atom. The fraction of sp³-hybridized carbons (Fsp3) is 0.357. The van der Waals surface area contributed by atoms with Crippen molar-refractivity contribution < 1.29 is 18.0 Å². The Bertz CT molecular complexity index is 570. The van der Waals surface area contributed by atoms with Crippen molar-refractivity contribution in [1.82, 2.24) is 5.32 Å². The molecule has 108 valence electrons. The van der Waals surface area contributed by atoms with E-state index in [2.05, 4.69) is 10.6 Å². The number of anilines is 1. The number of amides is 1. The summed E-state index contributed by atoms with van der Waals surface area (Å²) in [6.07, 6.45) is -4.42. The van der Waals surface area contributed by atoms with Gasteiger partial charge in [-0.05, 0) is 37.1 Å². The topological polar surface area (TPSA) is 41.1 Å². The second-order valence-electron chi connectivity index (χ2n) is 4.81. The van der Waals surface area contributed by atoms with Crippen LogP contribution in [0.5, 0.6) is 0 Å². The Hall–Kier alpha value is -1.82. The smallest absolute Gasteiger partial charge is 0.322 e. The standard InChI is InChI=1S/C14H15F3N2O/c1-8-3-4-11(5-12(8)14(15,16)17)19-13(20)9(2)10-6-18-7-10/h3-5,18H,6-7H2,1-2H3,(H,19,20). The molecule has 2 N–H and O–H groups in total. The van der Waals surface area contributed by atoms with Crippen molar-refractivity contribution in [3.63, 3.8) is 0 Å². The van der Waals surface area contributed by atoms with Crippen LogP contribution in [0, 0.1) is 6.92 Å². The fourth-order valence-electron chi connectivity index (χ4n) is 1.91. The summed E-state index contributed by atoms with van der Waals surface area (Å²) in [6, 6.07) is 3.79. The van der Waals surface area contributed by atoms with Gasteiger partial charge in [-0.3, -0.25) is 4.79 Å². The number of benzene rings is 1. The van der Waals surface area contributed by atoms with Gasteiger partial charge in [0, 0.05) is 24.4 Å². The third-order valence-electron chi connectivity index (χ3n) is 3.35. The summed E-state index contributed by atoms with van der Waals surface area (Å²) < 4.78 is 38.4. The molecule has 1 aliphatic rings. The van der Waals surface area contributed by atoms with Crippen molar-refractivity contribution in [1.29, 1.82) is 0 Å². The largest absolute Gasteiger partial charge is 0.416 e. The predicted molar refractivity (Wildman–Crippen MR) is 70.4 cm³/mol. The molecular formula is C14H15F3N2O. The summed E-state index contributed by atoms with van der Waals surface area (Å²) in [4.78, 5) is 11.9. The van der Waals surface area contributed by atoms with E-state index >= 15 is 0 Å². The Balaban J connectivity index is 2.20. The van der Waals surface area contributed by atoms with Gasteiger partial charge in [0.25, 0.3) is 5.91 Å². The van der Waals surface area contributed by atoms with E-state index in [1.165, 1.54) is 19.1 Å². The molecule has 3 nitrogen and oxygen atoms in total. The van der Waals surface area contributed by atoms with Crippen LogP contribution in [0.2, 0.25) is 0 Å². The molecule has 1 aromatic carbocycles. The molecule has 1 aromatic rings. The van der Waals surface area contributed by atoms with E-state index in [0.29, 0.717) is 18.7 Å². The lowest BCUT2D eigenvalue weighted by molar-refractivity contribution is -0.138. The van der Waals surface area contributed by atoms with E-state index in [1.54, 1.807) is 6.92 Å². The maximum atomic E-state index is 12.8. The highest BCUT2D eigenvalue weighted by Gasteiger charge is 2.32. The number of carbonyl (C=O) groups excluding carboxylic acids is 1. The molecule has 1 heterocycles. The molecule has 0 spiro atoms. The summed E-state index contributed by atoms with van der Waals surface area (Å²) >= 11 is 0. The third kappa shape index (κ3) is 3.01. The third-order valence-corrected chi connectivity index (χ3v) is 3.35. The molecule has 1 fully saturated rings. The van der Waals surface area contributed by atoms with E-state index in [0.717, 1.165) is 11.6 Å². The Morgan fingerprint density at radius 2 is 1.95 bits per heavy atom. The molecule has 1 saturated heterocycles. The first-order valence-corrected chi connectivity index (χ1v) is 6.17. The number of rotatable bonds is 2. The van der Waals surface area contributed by atoms with Crippen molar-refractivity contribution in [3.8, 4) is 0 Å². The first-order chi connectivity index (χ1) is 9.29. The molecule has 0 aliphatic carbocycles. The van der Waals surface area contributed by atoms with E-state index in [9.17, 15) is 18.0 Å². The molecule has 1 amide bonds. The Morgan fingerprint density at radius 3 is 2.45 bits per heavy atom. The zero-order chi connectivity index (χ0) is 14.9. The van der Waals surface area contributed by atoms with Gasteiger partial charge in [-0.15, -0.1) is 0 Å². The zero-order valence-electron chi connectivity index (χ0n) is 11.2. The summed E-state index contributed by atoms with van der Waals surface area (Å²) in [5.74, 6) is -0.363. The van der Waals surface area contributed by atoms with Crippen LogP contribution in [-0.2, 0) is 11.0 Å². The van der Waals surface area contributed by atoms with Gasteiger partial charge in [-0.1, -0.05) is 6.07 Å². The first-order valence-electron chi connectivity index (χ1n) is 6.17. The van der Waals surface area contributed by atoms with Gasteiger partial charge in [0.2, 0.25) is 0 Å². The zero-order valence-corrected chi connectivity index (χ0v) is 11.2. The molecule has 0 unspecified atom stereocenters. The molecule has 6 heteroatoms. The van der Waals surface area contributed by atoms with Gasteiger partial charge in [0.15, 0.2) is 0 Å². The quantitative estimate of drug-likeness (QED) is 0.820. The molecule has 20 heavy (non-hydrogen) atoms. The highest BCUT2D eigenvalue weighted by atomic mass is 19.4. The lowest BCUT2D eigenvalue weighted by Gasteiger charge is -2.21. The Kier molecular flexibility index (Phi) is 3.85. The molecule has 1 aliphatic heterocycles. The number of alkyl halides is 3. The van der Waals surface area contributed by atoms with Crippen LogP contribution >= 0.6 is 0 Å². The van der Waals surface area contributed by atoms with Gasteiger partial charge in [-0.2, -0.15) is 13.2 Å². The highest BCUT2D eigenvalue weighted by Crippen LogP contribution is 2.33. The van der Waals surface area contributed by atoms with Gasteiger partial charge in [-0.25, -0.2) is 0 Å². The highest BCUT2D eigenvalue weighted by molar-refractivity contribution is 6.04. The minimum Gasteiger partial charge on any atom is -0.322 e. The molecular weight excluding hydrogens is 269 g/mol. The molecule has 0 bridgehead atoms. The number of hydrogen-bond donors (Lipinski definition) is 2. The average molecular weight is 284 g/mol. The van der Waals surface area contributed by atoms with Crippen molar-refractivity contribution >= 4 is 11.6 Å². The number of nitrogens with one attached hydrogen (secondary N) is 2. The van der Waals surface area contributed by atoms with E-state index in [1.807, 2.05) is 0 Å². The molecule has 2 rings (SSSR count). The van der Waals surface area contributed by atoms with Crippen LogP contribution in [0.1, 0.15) is 18.1 Å². The summed E-state index contributed by atoms with van der Waals surface area (Å²) in [7, 11) is 0. The van der Waals surface area contributed by atoms with Crippen molar-refractivity contribution in [2.45, 2.75) is 20.0 Å². The second-order valence-corrected chi connectivity index (χ2v) is 4.81. The van der Waals surface area contributed by atoms with Crippen molar-refractivity contribution in [2.24, 2.45) is 0 Å². The van der Waals surface area contributed by atoms with Crippen LogP contribution in [0.15, 0.2) is 29.3 Å². The van der Waals surface area contributed by atoms with Gasteiger partial charge >= 0.3 is 6.18 Å². The molecule has 0 atom stereocenters. The van der Waals surface area contributed by atoms with E-state index in [-0.39, 0.29) is 17.2 Å². The summed E-state index contributed by atoms with van der Waals surface area (Å²) in [5.41, 5.74) is 1.09. The van der Waals surface area contributed by atoms with E-state index in [4.69, 9.17) is 0 Å². The van der Waals surface area contributed by atoms with Crippen LogP contribution in [0.3, 0.4) is 0 Å². The SMILES string of the molecule is CC(C(=O)Nc1ccc(C)c(C(F)(F)F)c1)=C1CNC1. The van der Waals surface area contributed by atoms with Gasteiger partial charge in [0.05, 0.1) is 5.56 Å². The lowest BCUT2D eigenvalue weighted by Crippen LogP contribution is -2.36. The van der Waals surface area contributed by atoms with Crippen LogP contribution in [-0.4, -0.2) is 19.0 Å². The molecule has 0 aromatic heterocycles. The fourth-order valence-corrected chi connectivity index (χ4v) is 1.91. The normalized spacial score (nSPS) is 14.8. The number of halogens is 3. The number of aryl methyl sites for hydroxylation is 1. The average Bonchev–Trinajstić information content (AvgIpc) is 2.27. The van der Waals surface area contributed by atoms with Gasteiger partial charge < -0.3 is 10.6 Å². The molecule has 0 saturated carbocycles. The molecule has 0 radical (unpaired) electrons. The monoisotopic (exact) mass is 284 g/mol. The van der Waals surface area contributed by atoms with Crippen LogP contribution < -0.4 is 10.6 Å². The lowest BCUT2D eigenvalue weighted by atomic mass is 10.0. The minimum atomic E-state index is -4.42. The first kappa shape index (κ1) is 14.6. The maximum Gasteiger partial charge on any atom is 0.416 e. The number of carbonyl (C=O) groups is 1. The van der Waals surface area contributed by atoms with Crippen LogP contribution in [0.25, 0.3) is 0 Å². The maximum absolute atomic E-state index is 12.8. The predicted octanol–water partition coefficient (Wildman–Crippen LogP) is 2.87. The number of hydrogen-bond acceptors (Lipinski definition) is 2. The van der Waals surface area contributed by atoms with Crippen molar-refractivity contribution in [2.75, 3.05) is 18.4 Å². The van der Waals surface area contributed by atoms with E-state index < -0.39 is 11.7 Å².